The molecule has 0 spiro atoms. The van der Waals surface area contributed by atoms with Gasteiger partial charge in [-0.1, -0.05) is 26.7 Å². The molecule has 0 unspecified atom stereocenters. The lowest BCUT2D eigenvalue weighted by Gasteiger charge is -2.06. The number of unbranched alkanes of at least 4 members (excludes halogenated alkanes) is 2. The molecule has 0 aliphatic carbocycles. The molecule has 2 rings (SSSR count). The number of H-pyrrole nitrogens is 1. The molecule has 2 aromatic rings. The summed E-state index contributed by atoms with van der Waals surface area (Å²) in [4.78, 5) is 9.01. The molecule has 0 atom stereocenters. The zero-order valence-corrected chi connectivity index (χ0v) is 12.4. The minimum absolute atomic E-state index is 0.691. The highest BCUT2D eigenvalue weighted by Gasteiger charge is 2.09. The van der Waals surface area contributed by atoms with E-state index in [1.165, 1.54) is 19.3 Å². The first kappa shape index (κ1) is 14.1. The lowest BCUT2D eigenvalue weighted by Crippen LogP contribution is -2.05. The summed E-state index contributed by atoms with van der Waals surface area (Å²) in [5, 5.41) is 12.3. The highest BCUT2D eigenvalue weighted by Crippen LogP contribution is 2.26. The Balaban J connectivity index is 2.12. The molecule has 5 nitrogen and oxygen atoms in total. The van der Waals surface area contributed by atoms with Crippen LogP contribution in [0.4, 0.5) is 5.95 Å². The minimum atomic E-state index is 0.691. The molecule has 19 heavy (non-hydrogen) atoms. The summed E-state index contributed by atoms with van der Waals surface area (Å²) in [6.45, 7) is 5.23. The van der Waals surface area contributed by atoms with Crippen LogP contribution in [0, 0.1) is 0 Å². The van der Waals surface area contributed by atoms with Gasteiger partial charge in [-0.3, -0.25) is 5.10 Å². The van der Waals surface area contributed by atoms with Crippen LogP contribution in [0.1, 0.15) is 39.5 Å². The van der Waals surface area contributed by atoms with Crippen LogP contribution in [0.15, 0.2) is 11.2 Å². The monoisotopic (exact) mass is 279 g/mol. The van der Waals surface area contributed by atoms with Crippen molar-refractivity contribution in [3.63, 3.8) is 0 Å². The smallest absolute Gasteiger partial charge is 0.225 e. The van der Waals surface area contributed by atoms with Gasteiger partial charge in [0.05, 0.1) is 11.6 Å². The molecule has 0 saturated carbocycles. The van der Waals surface area contributed by atoms with Gasteiger partial charge in [0.2, 0.25) is 5.95 Å². The molecule has 0 aliphatic heterocycles. The molecule has 0 fully saturated rings. The van der Waals surface area contributed by atoms with Crippen LogP contribution in [-0.4, -0.2) is 32.5 Å². The van der Waals surface area contributed by atoms with E-state index in [1.807, 2.05) is 0 Å². The molecule has 0 aromatic carbocycles. The Kier molecular flexibility index (Phi) is 5.44. The van der Waals surface area contributed by atoms with Crippen molar-refractivity contribution in [1.29, 1.82) is 0 Å². The predicted octanol–water partition coefficient (Wildman–Crippen LogP) is 3.46. The van der Waals surface area contributed by atoms with Crippen LogP contribution in [0.2, 0.25) is 0 Å². The quantitative estimate of drug-likeness (QED) is 0.440. The van der Waals surface area contributed by atoms with E-state index in [1.54, 1.807) is 18.0 Å². The summed E-state index contributed by atoms with van der Waals surface area (Å²) in [5.41, 5.74) is 0.812. The highest BCUT2D eigenvalue weighted by atomic mass is 32.2. The largest absolute Gasteiger partial charge is 0.354 e. The first-order valence-corrected chi connectivity index (χ1v) is 7.91. The van der Waals surface area contributed by atoms with Gasteiger partial charge in [-0.25, -0.2) is 4.98 Å². The Hall–Kier alpha value is -1.30. The van der Waals surface area contributed by atoms with Crippen LogP contribution >= 0.6 is 11.8 Å². The molecule has 2 N–H and O–H groups in total. The maximum absolute atomic E-state index is 4.59. The van der Waals surface area contributed by atoms with Crippen molar-refractivity contribution < 1.29 is 0 Å². The third-order valence-electron chi connectivity index (χ3n) is 2.79. The predicted molar refractivity (Wildman–Crippen MR) is 80.7 cm³/mol. The molecule has 6 heteroatoms. The highest BCUT2D eigenvalue weighted by molar-refractivity contribution is 7.99. The van der Waals surface area contributed by atoms with Gasteiger partial charge in [0.1, 0.15) is 5.03 Å². The summed E-state index contributed by atoms with van der Waals surface area (Å²) in [5.74, 6) is 1.79. The molecule has 104 valence electrons. The fraction of sp³-hybridized carbons (Fsp3) is 0.615. The van der Waals surface area contributed by atoms with Crippen LogP contribution in [0.25, 0.3) is 11.0 Å². The molecule has 2 heterocycles. The van der Waals surface area contributed by atoms with E-state index in [9.17, 15) is 0 Å². The van der Waals surface area contributed by atoms with Crippen molar-refractivity contribution in [3.05, 3.63) is 6.20 Å². The van der Waals surface area contributed by atoms with Crippen molar-refractivity contribution in [2.24, 2.45) is 0 Å². The first-order valence-electron chi connectivity index (χ1n) is 6.93. The molecule has 0 bridgehead atoms. The van der Waals surface area contributed by atoms with Gasteiger partial charge in [-0.2, -0.15) is 10.1 Å². The number of nitrogens with zero attached hydrogens (tertiary/aromatic N) is 3. The van der Waals surface area contributed by atoms with Gasteiger partial charge < -0.3 is 5.32 Å². The second-order valence-corrected chi connectivity index (χ2v) is 5.55. The number of aromatic nitrogens is 4. The normalized spacial score (nSPS) is 11.1. The average molecular weight is 279 g/mol. The maximum Gasteiger partial charge on any atom is 0.225 e. The van der Waals surface area contributed by atoms with E-state index in [0.29, 0.717) is 5.95 Å². The Labute approximate surface area is 118 Å². The number of aromatic amines is 1. The van der Waals surface area contributed by atoms with Gasteiger partial charge in [-0.15, -0.1) is 11.8 Å². The summed E-state index contributed by atoms with van der Waals surface area (Å²) in [6, 6.07) is 0. The first-order chi connectivity index (χ1) is 9.35. The zero-order valence-electron chi connectivity index (χ0n) is 11.6. The van der Waals surface area contributed by atoms with Gasteiger partial charge in [0, 0.05) is 6.54 Å². The number of fused-ring (bicyclic) bond motifs is 1. The average Bonchev–Trinajstić information content (AvgIpc) is 2.89. The molecule has 0 saturated heterocycles. The summed E-state index contributed by atoms with van der Waals surface area (Å²) >= 11 is 1.79. The van der Waals surface area contributed by atoms with Gasteiger partial charge in [-0.05, 0) is 18.6 Å². The molecular formula is C13H21N5S. The number of nitrogens with one attached hydrogen (secondary N) is 2. The fourth-order valence-corrected chi connectivity index (χ4v) is 2.75. The van der Waals surface area contributed by atoms with E-state index in [-0.39, 0.29) is 0 Å². The fourth-order valence-electron chi connectivity index (χ4n) is 1.76. The molecule has 0 radical (unpaired) electrons. The lowest BCUT2D eigenvalue weighted by atomic mass is 10.3. The van der Waals surface area contributed by atoms with Gasteiger partial charge in [0.25, 0.3) is 0 Å². The van der Waals surface area contributed by atoms with E-state index in [0.717, 1.165) is 34.8 Å². The molecule has 0 aliphatic rings. The van der Waals surface area contributed by atoms with Crippen molar-refractivity contribution in [1.82, 2.24) is 20.2 Å². The van der Waals surface area contributed by atoms with Gasteiger partial charge in [0.15, 0.2) is 5.65 Å². The van der Waals surface area contributed by atoms with Crippen molar-refractivity contribution in [2.75, 3.05) is 17.6 Å². The lowest BCUT2D eigenvalue weighted by molar-refractivity contribution is 0.778. The third kappa shape index (κ3) is 3.83. The summed E-state index contributed by atoms with van der Waals surface area (Å²) in [6.07, 6.45) is 6.61. The van der Waals surface area contributed by atoms with Crippen LogP contribution in [0.3, 0.4) is 0 Å². The Morgan fingerprint density at radius 2 is 2.11 bits per heavy atom. The van der Waals surface area contributed by atoms with Crippen molar-refractivity contribution in [3.8, 4) is 0 Å². The molecule has 0 amide bonds. The Bertz CT molecular complexity index is 511. The molecule has 2 aromatic heterocycles. The second kappa shape index (κ2) is 7.33. The SMILES string of the molecule is CCCCCSc1nc(NCCC)nc2[nH]ncc12. The maximum atomic E-state index is 4.59. The molecular weight excluding hydrogens is 258 g/mol. The van der Waals surface area contributed by atoms with Crippen LogP contribution < -0.4 is 5.32 Å². The van der Waals surface area contributed by atoms with Crippen molar-refractivity contribution in [2.45, 2.75) is 44.6 Å². The third-order valence-corrected chi connectivity index (χ3v) is 3.87. The number of rotatable bonds is 8. The number of thioether (sulfide) groups is 1. The van der Waals surface area contributed by atoms with Gasteiger partial charge >= 0.3 is 0 Å². The zero-order chi connectivity index (χ0) is 13.5. The standard InChI is InChI=1S/C13H21N5S/c1-3-5-6-8-19-12-10-9-15-18-11(10)16-13(17-12)14-7-4-2/h9H,3-8H2,1-2H3,(H2,14,15,16,17,18). The van der Waals surface area contributed by atoms with E-state index < -0.39 is 0 Å². The van der Waals surface area contributed by atoms with Crippen LogP contribution in [0.5, 0.6) is 0 Å². The van der Waals surface area contributed by atoms with E-state index in [4.69, 9.17) is 0 Å². The van der Waals surface area contributed by atoms with E-state index >= 15 is 0 Å². The minimum Gasteiger partial charge on any atom is -0.354 e. The second-order valence-electron chi connectivity index (χ2n) is 4.47. The summed E-state index contributed by atoms with van der Waals surface area (Å²) < 4.78 is 0. The Morgan fingerprint density at radius 1 is 1.21 bits per heavy atom. The Morgan fingerprint density at radius 3 is 2.89 bits per heavy atom. The van der Waals surface area contributed by atoms with Crippen LogP contribution in [-0.2, 0) is 0 Å². The van der Waals surface area contributed by atoms with E-state index in [2.05, 4.69) is 39.3 Å². The topological polar surface area (TPSA) is 66.5 Å². The number of hydrogen-bond acceptors (Lipinski definition) is 5. The van der Waals surface area contributed by atoms with Crippen molar-refractivity contribution >= 4 is 28.7 Å². The number of anilines is 1. The summed E-state index contributed by atoms with van der Waals surface area (Å²) in [7, 11) is 0. The number of hydrogen-bond donors (Lipinski definition) is 2.